The van der Waals surface area contributed by atoms with Crippen LogP contribution >= 0.6 is 0 Å². The Bertz CT molecular complexity index is 685. The van der Waals surface area contributed by atoms with Gasteiger partial charge in [0.1, 0.15) is 0 Å². The second kappa shape index (κ2) is 5.41. The van der Waals surface area contributed by atoms with Gasteiger partial charge in [0, 0.05) is 41.1 Å². The van der Waals surface area contributed by atoms with Gasteiger partial charge in [0.2, 0.25) is 10.0 Å². The van der Waals surface area contributed by atoms with Gasteiger partial charge < -0.3 is 11.1 Å². The lowest BCUT2D eigenvalue weighted by Gasteiger charge is -2.10. The summed E-state index contributed by atoms with van der Waals surface area (Å²) in [6.07, 6.45) is 3.85. The Morgan fingerprint density at radius 1 is 1.21 bits per heavy atom. The number of aromatic nitrogens is 1. The van der Waals surface area contributed by atoms with Gasteiger partial charge in [-0.15, -0.1) is 0 Å². The van der Waals surface area contributed by atoms with Gasteiger partial charge in [0.15, 0.2) is 0 Å². The van der Waals surface area contributed by atoms with Crippen LogP contribution in [-0.4, -0.2) is 25.7 Å². The van der Waals surface area contributed by atoms with E-state index in [0.29, 0.717) is 18.7 Å². The molecule has 0 aliphatic rings. The molecule has 0 amide bonds. The van der Waals surface area contributed by atoms with Crippen LogP contribution in [0, 0.1) is 0 Å². The van der Waals surface area contributed by atoms with E-state index in [-0.39, 0.29) is 5.75 Å². The number of rotatable bonds is 5. The first-order valence-electron chi connectivity index (χ1n) is 5.84. The van der Waals surface area contributed by atoms with Crippen LogP contribution in [0.2, 0.25) is 0 Å². The molecule has 0 atom stereocenters. The van der Waals surface area contributed by atoms with Crippen LogP contribution < -0.4 is 16.2 Å². The van der Waals surface area contributed by atoms with E-state index in [2.05, 4.69) is 10.3 Å². The fourth-order valence-electron chi connectivity index (χ4n) is 1.86. The molecule has 0 saturated heterocycles. The van der Waals surface area contributed by atoms with Crippen molar-refractivity contribution in [1.82, 2.24) is 4.98 Å². The molecule has 19 heavy (non-hydrogen) atoms. The predicted octanol–water partition coefficient (Wildman–Crippen LogP) is 0.907. The molecule has 7 heteroatoms. The highest BCUT2D eigenvalue weighted by atomic mass is 32.2. The summed E-state index contributed by atoms with van der Waals surface area (Å²) in [5.74, 6) is -0.0333. The molecule has 1 heterocycles. The summed E-state index contributed by atoms with van der Waals surface area (Å²) in [5, 5.41) is 9.97. The van der Waals surface area contributed by atoms with Gasteiger partial charge in [-0.1, -0.05) is 0 Å². The Morgan fingerprint density at radius 2 is 2.00 bits per heavy atom. The molecular formula is C12H16N4O2S. The van der Waals surface area contributed by atoms with Gasteiger partial charge >= 0.3 is 0 Å². The zero-order valence-corrected chi connectivity index (χ0v) is 11.2. The fraction of sp³-hybridized carbons (Fsp3) is 0.250. The van der Waals surface area contributed by atoms with Gasteiger partial charge in [0.25, 0.3) is 0 Å². The van der Waals surface area contributed by atoms with Crippen molar-refractivity contribution in [2.45, 2.75) is 6.42 Å². The molecule has 0 unspecified atom stereocenters. The summed E-state index contributed by atoms with van der Waals surface area (Å²) < 4.78 is 21.6. The largest absolute Gasteiger partial charge is 0.398 e. The van der Waals surface area contributed by atoms with Crippen LogP contribution in [0.1, 0.15) is 6.42 Å². The topological polar surface area (TPSA) is 111 Å². The Hall–Kier alpha value is -1.86. The van der Waals surface area contributed by atoms with Crippen LogP contribution in [-0.2, 0) is 10.0 Å². The third-order valence-corrected chi connectivity index (χ3v) is 3.63. The van der Waals surface area contributed by atoms with E-state index < -0.39 is 10.0 Å². The minimum absolute atomic E-state index is 0.0333. The van der Waals surface area contributed by atoms with Crippen molar-refractivity contribution in [2.24, 2.45) is 5.14 Å². The number of hydrogen-bond donors (Lipinski definition) is 3. The van der Waals surface area contributed by atoms with Crippen LogP contribution in [0.4, 0.5) is 11.4 Å². The lowest BCUT2D eigenvalue weighted by atomic mass is 10.1. The molecular weight excluding hydrogens is 264 g/mol. The highest BCUT2D eigenvalue weighted by Crippen LogP contribution is 2.27. The molecule has 0 saturated carbocycles. The number of nitrogens with two attached hydrogens (primary N) is 2. The average molecular weight is 280 g/mol. The fourth-order valence-corrected chi connectivity index (χ4v) is 2.41. The van der Waals surface area contributed by atoms with Crippen molar-refractivity contribution in [3.05, 3.63) is 30.6 Å². The predicted molar refractivity (Wildman–Crippen MR) is 77.2 cm³/mol. The second-order valence-electron chi connectivity index (χ2n) is 4.27. The molecule has 1 aromatic carbocycles. The molecule has 0 aliphatic heterocycles. The maximum absolute atomic E-state index is 10.8. The Balaban J connectivity index is 2.11. The quantitative estimate of drug-likeness (QED) is 0.557. The van der Waals surface area contributed by atoms with Gasteiger partial charge in [-0.2, -0.15) is 0 Å². The van der Waals surface area contributed by atoms with Crippen LogP contribution in [0.25, 0.3) is 10.8 Å². The first kappa shape index (κ1) is 13.6. The van der Waals surface area contributed by atoms with Crippen molar-refractivity contribution in [3.8, 4) is 0 Å². The van der Waals surface area contributed by atoms with Gasteiger partial charge in [-0.05, 0) is 24.6 Å². The lowest BCUT2D eigenvalue weighted by molar-refractivity contribution is 0.596. The van der Waals surface area contributed by atoms with Crippen molar-refractivity contribution in [2.75, 3.05) is 23.3 Å². The highest BCUT2D eigenvalue weighted by Gasteiger charge is 2.05. The van der Waals surface area contributed by atoms with Gasteiger partial charge in [0.05, 0.1) is 5.75 Å². The number of anilines is 2. The summed E-state index contributed by atoms with van der Waals surface area (Å²) in [6, 6.07) is 5.54. The molecule has 6 nitrogen and oxygen atoms in total. The van der Waals surface area contributed by atoms with E-state index in [1.54, 1.807) is 18.5 Å². The molecule has 5 N–H and O–H groups in total. The second-order valence-corrected chi connectivity index (χ2v) is 6.00. The van der Waals surface area contributed by atoms with Crippen LogP contribution in [0.15, 0.2) is 30.6 Å². The van der Waals surface area contributed by atoms with E-state index in [1.807, 2.05) is 12.1 Å². The maximum atomic E-state index is 10.8. The zero-order chi connectivity index (χ0) is 13.9. The normalized spacial score (nSPS) is 11.6. The van der Waals surface area contributed by atoms with Gasteiger partial charge in [-0.25, -0.2) is 13.6 Å². The SMILES string of the molecule is Nc1ccc(NCCCS(N)(=O)=O)c2ccncc12. The minimum atomic E-state index is -3.40. The first-order chi connectivity index (χ1) is 8.97. The number of sulfonamides is 1. The first-order valence-corrected chi connectivity index (χ1v) is 7.55. The minimum Gasteiger partial charge on any atom is -0.398 e. The van der Waals surface area contributed by atoms with Crippen molar-refractivity contribution in [3.63, 3.8) is 0 Å². The van der Waals surface area contributed by atoms with Crippen molar-refractivity contribution < 1.29 is 8.42 Å². The Morgan fingerprint density at radius 3 is 2.74 bits per heavy atom. The third kappa shape index (κ3) is 3.55. The number of benzene rings is 1. The summed E-state index contributed by atoms with van der Waals surface area (Å²) >= 11 is 0. The number of pyridine rings is 1. The summed E-state index contributed by atoms with van der Waals surface area (Å²) in [4.78, 5) is 4.04. The van der Waals surface area contributed by atoms with Crippen molar-refractivity contribution in [1.29, 1.82) is 0 Å². The van der Waals surface area contributed by atoms with Crippen LogP contribution in [0.3, 0.4) is 0 Å². The Labute approximate surface area is 111 Å². The maximum Gasteiger partial charge on any atom is 0.209 e. The molecule has 0 spiro atoms. The van der Waals surface area contributed by atoms with E-state index in [0.717, 1.165) is 16.5 Å². The average Bonchev–Trinajstić information content (AvgIpc) is 2.36. The number of nitrogen functional groups attached to an aromatic ring is 1. The van der Waals surface area contributed by atoms with E-state index in [1.165, 1.54) is 0 Å². The molecule has 1 aromatic heterocycles. The molecule has 0 aliphatic carbocycles. The smallest absolute Gasteiger partial charge is 0.209 e. The summed E-state index contributed by atoms with van der Waals surface area (Å²) in [5.41, 5.74) is 7.44. The monoisotopic (exact) mass is 280 g/mol. The number of nitrogens with zero attached hydrogens (tertiary/aromatic N) is 1. The molecule has 0 radical (unpaired) electrons. The highest BCUT2D eigenvalue weighted by molar-refractivity contribution is 7.89. The molecule has 102 valence electrons. The zero-order valence-electron chi connectivity index (χ0n) is 10.3. The van der Waals surface area contributed by atoms with Crippen LogP contribution in [0.5, 0.6) is 0 Å². The third-order valence-electron chi connectivity index (χ3n) is 2.77. The molecule has 2 rings (SSSR count). The number of nitrogens with one attached hydrogen (secondary N) is 1. The van der Waals surface area contributed by atoms with E-state index in [9.17, 15) is 8.42 Å². The summed E-state index contributed by atoms with van der Waals surface area (Å²) in [7, 11) is -3.40. The molecule has 2 aromatic rings. The Kier molecular flexibility index (Phi) is 3.87. The van der Waals surface area contributed by atoms with Gasteiger partial charge in [-0.3, -0.25) is 4.98 Å². The van der Waals surface area contributed by atoms with Crippen molar-refractivity contribution >= 4 is 32.2 Å². The molecule has 0 bridgehead atoms. The number of primary sulfonamides is 1. The number of hydrogen-bond acceptors (Lipinski definition) is 5. The summed E-state index contributed by atoms with van der Waals surface area (Å²) in [6.45, 7) is 0.526. The van der Waals surface area contributed by atoms with E-state index in [4.69, 9.17) is 10.9 Å². The standard InChI is InChI=1S/C12H16N4O2S/c13-11-2-3-12(9-4-6-15-8-10(9)11)16-5-1-7-19(14,17)18/h2-4,6,8,16H,1,5,7,13H2,(H2,14,17,18). The van der Waals surface area contributed by atoms with E-state index >= 15 is 0 Å². The molecule has 0 fully saturated rings. The number of fused-ring (bicyclic) bond motifs is 1. The lowest BCUT2D eigenvalue weighted by Crippen LogP contribution is -2.18.